The highest BCUT2D eigenvalue weighted by atomic mass is 35.5. The first-order chi connectivity index (χ1) is 5.06. The Bertz CT molecular complexity index is 204. The van der Waals surface area contributed by atoms with E-state index in [1.807, 2.05) is 0 Å². The zero-order valence-corrected chi connectivity index (χ0v) is 7.35. The molecule has 0 saturated heterocycles. The summed E-state index contributed by atoms with van der Waals surface area (Å²) in [6.45, 7) is 1.73. The highest BCUT2D eigenvalue weighted by Gasteiger charge is 2.00. The SMILES string of the molecule is CN=C(C=C(C)N)CC(=O)Cl. The van der Waals surface area contributed by atoms with Crippen LogP contribution in [0.15, 0.2) is 16.8 Å². The van der Waals surface area contributed by atoms with Gasteiger partial charge in [-0.05, 0) is 24.6 Å². The van der Waals surface area contributed by atoms with E-state index < -0.39 is 5.24 Å². The van der Waals surface area contributed by atoms with Crippen molar-refractivity contribution in [2.75, 3.05) is 7.05 Å². The molecule has 0 aliphatic carbocycles. The van der Waals surface area contributed by atoms with E-state index in [4.69, 9.17) is 17.3 Å². The second-order valence-corrected chi connectivity index (χ2v) is 2.56. The normalized spacial score (nSPS) is 13.4. The van der Waals surface area contributed by atoms with Gasteiger partial charge in [-0.25, -0.2) is 0 Å². The van der Waals surface area contributed by atoms with Crippen LogP contribution in [0.1, 0.15) is 13.3 Å². The van der Waals surface area contributed by atoms with Crippen LogP contribution in [0.4, 0.5) is 0 Å². The van der Waals surface area contributed by atoms with Crippen molar-refractivity contribution >= 4 is 22.6 Å². The number of carbonyl (C=O) groups is 1. The highest BCUT2D eigenvalue weighted by molar-refractivity contribution is 6.65. The van der Waals surface area contributed by atoms with Gasteiger partial charge in [0.2, 0.25) is 5.24 Å². The molecular weight excluding hydrogens is 164 g/mol. The molecule has 0 aromatic heterocycles. The molecule has 0 aromatic rings. The van der Waals surface area contributed by atoms with Gasteiger partial charge in [0.05, 0.1) is 6.42 Å². The van der Waals surface area contributed by atoms with Crippen LogP contribution < -0.4 is 5.73 Å². The molecule has 2 N–H and O–H groups in total. The van der Waals surface area contributed by atoms with Crippen molar-refractivity contribution in [2.45, 2.75) is 13.3 Å². The lowest BCUT2D eigenvalue weighted by Gasteiger charge is -1.95. The van der Waals surface area contributed by atoms with E-state index in [9.17, 15) is 4.79 Å². The average Bonchev–Trinajstić information content (AvgIpc) is 1.84. The van der Waals surface area contributed by atoms with Crippen molar-refractivity contribution in [2.24, 2.45) is 10.7 Å². The summed E-state index contributed by atoms with van der Waals surface area (Å²) in [6, 6.07) is 0. The van der Waals surface area contributed by atoms with Gasteiger partial charge in [0, 0.05) is 18.5 Å². The first-order valence-electron chi connectivity index (χ1n) is 3.14. The molecule has 0 rings (SSSR count). The molecule has 0 spiro atoms. The number of rotatable bonds is 3. The number of nitrogens with zero attached hydrogens (tertiary/aromatic N) is 1. The van der Waals surface area contributed by atoms with Gasteiger partial charge in [-0.2, -0.15) is 0 Å². The zero-order chi connectivity index (χ0) is 8.85. The lowest BCUT2D eigenvalue weighted by molar-refractivity contribution is -0.110. The van der Waals surface area contributed by atoms with Crippen LogP contribution in [0.3, 0.4) is 0 Å². The molecule has 0 bridgehead atoms. The Labute approximate surface area is 70.9 Å². The van der Waals surface area contributed by atoms with E-state index in [0.717, 1.165) is 0 Å². The first-order valence-corrected chi connectivity index (χ1v) is 3.52. The monoisotopic (exact) mass is 174 g/mol. The van der Waals surface area contributed by atoms with Crippen molar-refractivity contribution in [3.8, 4) is 0 Å². The average molecular weight is 175 g/mol. The van der Waals surface area contributed by atoms with E-state index in [1.165, 1.54) is 0 Å². The largest absolute Gasteiger partial charge is 0.402 e. The molecule has 62 valence electrons. The van der Waals surface area contributed by atoms with Gasteiger partial charge >= 0.3 is 0 Å². The summed E-state index contributed by atoms with van der Waals surface area (Å²) in [4.78, 5) is 14.2. The summed E-state index contributed by atoms with van der Waals surface area (Å²) in [5, 5.41) is -0.428. The maximum Gasteiger partial charge on any atom is 0.227 e. The number of halogens is 1. The minimum absolute atomic E-state index is 0.132. The van der Waals surface area contributed by atoms with E-state index in [-0.39, 0.29) is 6.42 Å². The Kier molecular flexibility index (Phi) is 4.54. The molecule has 11 heavy (non-hydrogen) atoms. The lowest BCUT2D eigenvalue weighted by atomic mass is 10.2. The van der Waals surface area contributed by atoms with Crippen molar-refractivity contribution in [3.63, 3.8) is 0 Å². The Hall–Kier alpha value is -0.830. The van der Waals surface area contributed by atoms with Gasteiger partial charge in [0.25, 0.3) is 0 Å². The van der Waals surface area contributed by atoms with Crippen molar-refractivity contribution in [3.05, 3.63) is 11.8 Å². The minimum atomic E-state index is -0.428. The number of hydrogen-bond acceptors (Lipinski definition) is 3. The van der Waals surface area contributed by atoms with E-state index in [2.05, 4.69) is 4.99 Å². The van der Waals surface area contributed by atoms with E-state index in [1.54, 1.807) is 20.0 Å². The third-order valence-electron chi connectivity index (χ3n) is 1.00. The summed E-state index contributed by atoms with van der Waals surface area (Å²) >= 11 is 5.14. The van der Waals surface area contributed by atoms with E-state index in [0.29, 0.717) is 11.4 Å². The van der Waals surface area contributed by atoms with E-state index >= 15 is 0 Å². The molecule has 0 aliphatic heterocycles. The highest BCUT2D eigenvalue weighted by Crippen LogP contribution is 1.95. The smallest absolute Gasteiger partial charge is 0.227 e. The fourth-order valence-corrected chi connectivity index (χ4v) is 0.737. The van der Waals surface area contributed by atoms with Crippen LogP contribution in [-0.2, 0) is 4.79 Å². The molecule has 0 aliphatic rings. The summed E-state index contributed by atoms with van der Waals surface area (Å²) in [6.07, 6.45) is 1.76. The Morgan fingerprint density at radius 1 is 1.73 bits per heavy atom. The van der Waals surface area contributed by atoms with Gasteiger partial charge in [-0.3, -0.25) is 9.79 Å². The molecule has 0 atom stereocenters. The number of carbonyl (C=O) groups excluding carboxylic acids is 1. The molecule has 0 amide bonds. The quantitative estimate of drug-likeness (QED) is 0.514. The fraction of sp³-hybridized carbons (Fsp3) is 0.429. The zero-order valence-electron chi connectivity index (χ0n) is 6.60. The van der Waals surface area contributed by atoms with Gasteiger partial charge in [-0.15, -0.1) is 0 Å². The maximum atomic E-state index is 10.4. The number of aliphatic imine (C=N–C) groups is 1. The van der Waals surface area contributed by atoms with Gasteiger partial charge in [-0.1, -0.05) is 0 Å². The van der Waals surface area contributed by atoms with Crippen LogP contribution in [0.25, 0.3) is 0 Å². The second kappa shape index (κ2) is 4.91. The molecule has 0 radical (unpaired) electrons. The molecular formula is C7H11ClN2O. The number of hydrogen-bond donors (Lipinski definition) is 1. The number of allylic oxidation sites excluding steroid dienone is 2. The van der Waals surface area contributed by atoms with Crippen LogP contribution in [0.2, 0.25) is 0 Å². The fourth-order valence-electron chi connectivity index (χ4n) is 0.600. The van der Waals surface area contributed by atoms with Crippen LogP contribution in [0, 0.1) is 0 Å². The maximum absolute atomic E-state index is 10.4. The Morgan fingerprint density at radius 3 is 2.55 bits per heavy atom. The Balaban J connectivity index is 4.22. The lowest BCUT2D eigenvalue weighted by Crippen LogP contribution is -2.03. The van der Waals surface area contributed by atoms with Crippen molar-refractivity contribution < 1.29 is 4.79 Å². The Morgan fingerprint density at radius 2 is 2.27 bits per heavy atom. The molecule has 4 heteroatoms. The third-order valence-corrected chi connectivity index (χ3v) is 1.14. The van der Waals surface area contributed by atoms with Gasteiger partial charge in [0.15, 0.2) is 0 Å². The van der Waals surface area contributed by atoms with Crippen LogP contribution in [0.5, 0.6) is 0 Å². The first kappa shape index (κ1) is 10.2. The van der Waals surface area contributed by atoms with Gasteiger partial charge < -0.3 is 5.73 Å². The summed E-state index contributed by atoms with van der Waals surface area (Å²) < 4.78 is 0. The molecule has 0 unspecified atom stereocenters. The molecule has 3 nitrogen and oxygen atoms in total. The standard InChI is InChI=1S/C7H11ClN2O/c1-5(9)3-6(10-2)4-7(8)11/h3H,4,9H2,1-2H3. The summed E-state index contributed by atoms with van der Waals surface area (Å²) in [7, 11) is 1.59. The van der Waals surface area contributed by atoms with Crippen molar-refractivity contribution in [1.82, 2.24) is 0 Å². The minimum Gasteiger partial charge on any atom is -0.402 e. The topological polar surface area (TPSA) is 55.4 Å². The van der Waals surface area contributed by atoms with Crippen molar-refractivity contribution in [1.29, 1.82) is 0 Å². The summed E-state index contributed by atoms with van der Waals surface area (Å²) in [5.41, 5.74) is 6.59. The van der Waals surface area contributed by atoms with Gasteiger partial charge in [0.1, 0.15) is 0 Å². The molecule has 0 heterocycles. The van der Waals surface area contributed by atoms with Crippen LogP contribution in [-0.4, -0.2) is 18.0 Å². The second-order valence-electron chi connectivity index (χ2n) is 2.14. The molecule has 0 aromatic carbocycles. The number of nitrogens with two attached hydrogens (primary N) is 1. The summed E-state index contributed by atoms with van der Waals surface area (Å²) in [5.74, 6) is 0. The predicted octanol–water partition coefficient (Wildman–Crippen LogP) is 1.08. The van der Waals surface area contributed by atoms with Crippen LogP contribution >= 0.6 is 11.6 Å². The molecule has 0 fully saturated rings. The molecule has 0 saturated carbocycles. The predicted molar refractivity (Wildman–Crippen MR) is 46.8 cm³/mol. The third kappa shape index (κ3) is 5.61.